The van der Waals surface area contributed by atoms with E-state index in [1.165, 1.54) is 12.8 Å². The van der Waals surface area contributed by atoms with Crippen LogP contribution < -0.4 is 5.32 Å². The molecule has 130 valence electrons. The van der Waals surface area contributed by atoms with Gasteiger partial charge in [-0.15, -0.1) is 0 Å². The molecule has 1 N–H and O–H groups in total. The van der Waals surface area contributed by atoms with E-state index in [0.29, 0.717) is 36.1 Å². The molecule has 2 fully saturated rings. The van der Waals surface area contributed by atoms with E-state index < -0.39 is 0 Å². The van der Waals surface area contributed by atoms with E-state index in [2.05, 4.69) is 17.1 Å². The summed E-state index contributed by atoms with van der Waals surface area (Å²) in [6.07, 6.45) is 2.46. The summed E-state index contributed by atoms with van der Waals surface area (Å²) in [7, 11) is 0. The summed E-state index contributed by atoms with van der Waals surface area (Å²) in [5, 5.41) is 3.65. The Balaban J connectivity index is 1.45. The third kappa shape index (κ3) is 4.48. The highest BCUT2D eigenvalue weighted by molar-refractivity contribution is 6.30. The number of carbonyl (C=O) groups is 2. The summed E-state index contributed by atoms with van der Waals surface area (Å²) in [6.45, 7) is 5.20. The van der Waals surface area contributed by atoms with Crippen LogP contribution in [0.4, 0.5) is 0 Å². The molecule has 5 nitrogen and oxygen atoms in total. The Morgan fingerprint density at radius 3 is 2.58 bits per heavy atom. The van der Waals surface area contributed by atoms with E-state index in [1.54, 1.807) is 24.3 Å². The predicted octanol–water partition coefficient (Wildman–Crippen LogP) is 2.01. The van der Waals surface area contributed by atoms with Crippen LogP contribution in [0.1, 0.15) is 30.1 Å². The fraction of sp³-hybridized carbons (Fsp3) is 0.556. The Labute approximate surface area is 147 Å². The van der Waals surface area contributed by atoms with Gasteiger partial charge in [-0.05, 0) is 43.9 Å². The van der Waals surface area contributed by atoms with Gasteiger partial charge in [-0.25, -0.2) is 0 Å². The Bertz CT molecular complexity index is 610. The standard InChI is InChI=1S/C18H24ClN3O2/c1-13(14-5-6-14)20-17(23)12-21-7-9-22(10-8-21)18(24)15-3-2-4-16(19)11-15/h2-4,11,13-14H,5-10,12H2,1H3,(H,20,23)/t13-/m1/s1. The third-order valence-electron chi connectivity index (χ3n) is 4.82. The summed E-state index contributed by atoms with van der Waals surface area (Å²) >= 11 is 5.95. The summed E-state index contributed by atoms with van der Waals surface area (Å²) in [5.74, 6) is 0.758. The maximum atomic E-state index is 12.5. The molecular formula is C18H24ClN3O2. The van der Waals surface area contributed by atoms with Crippen LogP contribution in [0.25, 0.3) is 0 Å². The van der Waals surface area contributed by atoms with Crippen LogP contribution in [0.3, 0.4) is 0 Å². The van der Waals surface area contributed by atoms with Crippen LogP contribution in [-0.2, 0) is 4.79 Å². The number of carbonyl (C=O) groups excluding carboxylic acids is 2. The molecule has 1 aliphatic heterocycles. The van der Waals surface area contributed by atoms with Crippen LogP contribution in [0.2, 0.25) is 5.02 Å². The van der Waals surface area contributed by atoms with Gasteiger partial charge in [-0.1, -0.05) is 17.7 Å². The minimum atomic E-state index is 0.00366. The molecule has 24 heavy (non-hydrogen) atoms. The Hall–Kier alpha value is -1.59. The number of amides is 2. The number of hydrogen-bond acceptors (Lipinski definition) is 3. The molecule has 0 bridgehead atoms. The molecule has 0 unspecified atom stereocenters. The highest BCUT2D eigenvalue weighted by atomic mass is 35.5. The maximum Gasteiger partial charge on any atom is 0.253 e. The monoisotopic (exact) mass is 349 g/mol. The van der Waals surface area contributed by atoms with E-state index >= 15 is 0 Å². The maximum absolute atomic E-state index is 12.5. The van der Waals surface area contributed by atoms with Crippen LogP contribution in [0.5, 0.6) is 0 Å². The van der Waals surface area contributed by atoms with E-state index in [1.807, 2.05) is 4.90 Å². The molecule has 6 heteroatoms. The zero-order valence-corrected chi connectivity index (χ0v) is 14.8. The fourth-order valence-corrected chi connectivity index (χ4v) is 3.32. The van der Waals surface area contributed by atoms with Crippen molar-refractivity contribution in [2.75, 3.05) is 32.7 Å². The molecule has 1 atom stereocenters. The van der Waals surface area contributed by atoms with Crippen molar-refractivity contribution in [3.8, 4) is 0 Å². The summed E-state index contributed by atoms with van der Waals surface area (Å²) in [5.41, 5.74) is 0.618. The molecular weight excluding hydrogens is 326 g/mol. The number of piperazine rings is 1. The Kier molecular flexibility index (Phi) is 5.41. The number of benzene rings is 1. The molecule has 2 amide bonds. The average Bonchev–Trinajstić information content (AvgIpc) is 3.40. The summed E-state index contributed by atoms with van der Waals surface area (Å²) < 4.78 is 0. The fourth-order valence-electron chi connectivity index (χ4n) is 3.13. The van der Waals surface area contributed by atoms with Crippen LogP contribution in [-0.4, -0.2) is 60.4 Å². The molecule has 1 heterocycles. The number of rotatable bonds is 5. The van der Waals surface area contributed by atoms with Gasteiger partial charge in [0.1, 0.15) is 0 Å². The Morgan fingerprint density at radius 2 is 1.96 bits per heavy atom. The van der Waals surface area contributed by atoms with Gasteiger partial charge in [0.2, 0.25) is 5.91 Å². The van der Waals surface area contributed by atoms with Crippen molar-refractivity contribution in [3.63, 3.8) is 0 Å². The summed E-state index contributed by atoms with van der Waals surface area (Å²) in [4.78, 5) is 28.5. The van der Waals surface area contributed by atoms with Crippen molar-refractivity contribution in [2.24, 2.45) is 5.92 Å². The van der Waals surface area contributed by atoms with E-state index in [9.17, 15) is 9.59 Å². The van der Waals surface area contributed by atoms with Gasteiger partial charge >= 0.3 is 0 Å². The third-order valence-corrected chi connectivity index (χ3v) is 5.05. The highest BCUT2D eigenvalue weighted by Gasteiger charge is 2.29. The SMILES string of the molecule is C[C@@H](NC(=O)CN1CCN(C(=O)c2cccc(Cl)c2)CC1)C1CC1. The zero-order valence-electron chi connectivity index (χ0n) is 14.0. The quantitative estimate of drug-likeness (QED) is 0.884. The van der Waals surface area contributed by atoms with E-state index in [-0.39, 0.29) is 17.9 Å². The van der Waals surface area contributed by atoms with Crippen molar-refractivity contribution in [1.82, 2.24) is 15.1 Å². The highest BCUT2D eigenvalue weighted by Crippen LogP contribution is 2.32. The number of halogens is 1. The van der Waals surface area contributed by atoms with Crippen LogP contribution >= 0.6 is 11.6 Å². The number of hydrogen-bond donors (Lipinski definition) is 1. The average molecular weight is 350 g/mol. The molecule has 1 aromatic rings. The van der Waals surface area contributed by atoms with Gasteiger partial charge < -0.3 is 10.2 Å². The van der Waals surface area contributed by atoms with Crippen LogP contribution in [0, 0.1) is 5.92 Å². The van der Waals surface area contributed by atoms with Crippen molar-refractivity contribution < 1.29 is 9.59 Å². The predicted molar refractivity (Wildman–Crippen MR) is 94.1 cm³/mol. The lowest BCUT2D eigenvalue weighted by Gasteiger charge is -2.34. The second-order valence-electron chi connectivity index (χ2n) is 6.77. The first-order valence-electron chi connectivity index (χ1n) is 8.59. The molecule has 1 aromatic carbocycles. The normalized spacial score (nSPS) is 19.8. The molecule has 3 rings (SSSR count). The van der Waals surface area contributed by atoms with E-state index in [4.69, 9.17) is 11.6 Å². The van der Waals surface area contributed by atoms with Gasteiger partial charge in [0.15, 0.2) is 0 Å². The van der Waals surface area contributed by atoms with Gasteiger partial charge in [-0.2, -0.15) is 0 Å². The summed E-state index contributed by atoms with van der Waals surface area (Å²) in [6, 6.07) is 7.31. The second-order valence-corrected chi connectivity index (χ2v) is 7.21. The van der Waals surface area contributed by atoms with Crippen molar-refractivity contribution in [2.45, 2.75) is 25.8 Å². The van der Waals surface area contributed by atoms with Crippen molar-refractivity contribution in [1.29, 1.82) is 0 Å². The molecule has 1 aliphatic carbocycles. The first-order valence-corrected chi connectivity index (χ1v) is 8.97. The van der Waals surface area contributed by atoms with Gasteiger partial charge in [0.05, 0.1) is 6.54 Å². The minimum absolute atomic E-state index is 0.00366. The number of nitrogens with one attached hydrogen (secondary N) is 1. The molecule has 1 saturated carbocycles. The lowest BCUT2D eigenvalue weighted by molar-refractivity contribution is -0.123. The molecule has 0 aromatic heterocycles. The molecule has 1 saturated heterocycles. The van der Waals surface area contributed by atoms with Crippen molar-refractivity contribution in [3.05, 3.63) is 34.9 Å². The molecule has 2 aliphatic rings. The smallest absolute Gasteiger partial charge is 0.253 e. The minimum Gasteiger partial charge on any atom is -0.352 e. The lowest BCUT2D eigenvalue weighted by atomic mass is 10.2. The van der Waals surface area contributed by atoms with Gasteiger partial charge in [0, 0.05) is 42.8 Å². The van der Waals surface area contributed by atoms with Crippen LogP contribution in [0.15, 0.2) is 24.3 Å². The topological polar surface area (TPSA) is 52.7 Å². The van der Waals surface area contributed by atoms with Gasteiger partial charge in [-0.3, -0.25) is 14.5 Å². The zero-order chi connectivity index (χ0) is 17.1. The van der Waals surface area contributed by atoms with Crippen molar-refractivity contribution >= 4 is 23.4 Å². The Morgan fingerprint density at radius 1 is 1.25 bits per heavy atom. The number of nitrogens with zero attached hydrogens (tertiary/aromatic N) is 2. The molecule has 0 radical (unpaired) electrons. The molecule has 0 spiro atoms. The largest absolute Gasteiger partial charge is 0.352 e. The second kappa shape index (κ2) is 7.53. The first kappa shape index (κ1) is 17.2. The first-order chi connectivity index (χ1) is 11.5. The van der Waals surface area contributed by atoms with E-state index in [0.717, 1.165) is 13.1 Å². The lowest BCUT2D eigenvalue weighted by Crippen LogP contribution is -2.51. The van der Waals surface area contributed by atoms with Gasteiger partial charge in [0.25, 0.3) is 5.91 Å².